The topological polar surface area (TPSA) is 120 Å². The highest BCUT2D eigenvalue weighted by Gasteiger charge is 2.14. The van der Waals surface area contributed by atoms with E-state index in [1.54, 1.807) is 11.6 Å². The monoisotopic (exact) mass is 682 g/mol. The molecule has 0 spiro atoms. The smallest absolute Gasteiger partial charge is 0.302 e. The lowest BCUT2D eigenvalue weighted by Crippen LogP contribution is -2.29. The van der Waals surface area contributed by atoms with Gasteiger partial charge in [0.25, 0.3) is 5.91 Å². The molecule has 3 aromatic rings. The number of fused-ring (bicyclic) bond motifs is 1. The second-order valence-corrected chi connectivity index (χ2v) is 12.8. The molecule has 3 aromatic carbocycles. The summed E-state index contributed by atoms with van der Waals surface area (Å²) in [6, 6.07) is 23.9. The minimum atomic E-state index is -0.570. The van der Waals surface area contributed by atoms with E-state index in [9.17, 15) is 14.4 Å². The van der Waals surface area contributed by atoms with Gasteiger partial charge < -0.3 is 15.4 Å². The summed E-state index contributed by atoms with van der Waals surface area (Å²) in [6.07, 6.45) is 13.5. The minimum Gasteiger partial charge on any atom is -0.465 e. The SMILES string of the molecule is CC(=O)Nc1ccccc1C.CC(=O)OCCN(CCC1=CCNc2ccccc21)Cc1ccc(/C=C/C(=O)NO)cc1.CC1CCCCC1. The number of anilines is 2. The number of carbonyl (C=O) groups excluding carboxylic acids is 3. The van der Waals surface area contributed by atoms with E-state index in [1.165, 1.54) is 63.2 Å². The van der Waals surface area contributed by atoms with Gasteiger partial charge in [0.05, 0.1) is 0 Å². The van der Waals surface area contributed by atoms with E-state index in [4.69, 9.17) is 9.94 Å². The van der Waals surface area contributed by atoms with Gasteiger partial charge >= 0.3 is 5.97 Å². The highest BCUT2D eigenvalue weighted by molar-refractivity contribution is 5.91. The van der Waals surface area contributed by atoms with E-state index in [0.29, 0.717) is 13.2 Å². The summed E-state index contributed by atoms with van der Waals surface area (Å²) >= 11 is 0. The van der Waals surface area contributed by atoms with Crippen LogP contribution < -0.4 is 16.1 Å². The van der Waals surface area contributed by atoms with Crippen molar-refractivity contribution in [2.45, 2.75) is 72.8 Å². The number of ether oxygens (including phenoxy) is 1. The molecule has 0 aromatic heterocycles. The maximum atomic E-state index is 11.2. The molecule has 1 heterocycles. The molecular formula is C41H54N4O5. The van der Waals surface area contributed by atoms with E-state index in [-0.39, 0.29) is 11.9 Å². The quantitative estimate of drug-likeness (QED) is 0.0700. The number of hydrogen-bond acceptors (Lipinski definition) is 7. The van der Waals surface area contributed by atoms with Crippen LogP contribution in [0.2, 0.25) is 0 Å². The third-order valence-corrected chi connectivity index (χ3v) is 8.60. The first-order valence-electron chi connectivity index (χ1n) is 17.6. The summed E-state index contributed by atoms with van der Waals surface area (Å²) in [5.41, 5.74) is 9.25. The Morgan fingerprint density at radius 2 is 1.64 bits per heavy atom. The number of esters is 1. The largest absolute Gasteiger partial charge is 0.465 e. The van der Waals surface area contributed by atoms with Crippen LogP contribution in [0, 0.1) is 12.8 Å². The fraction of sp³-hybridized carbons (Fsp3) is 0.390. The Balaban J connectivity index is 0.000000303. The highest BCUT2D eigenvalue weighted by atomic mass is 16.5. The van der Waals surface area contributed by atoms with Gasteiger partial charge in [-0.15, -0.1) is 0 Å². The number of aryl methyl sites for hydroxylation is 1. The second kappa shape index (κ2) is 22.1. The van der Waals surface area contributed by atoms with Gasteiger partial charge in [-0.2, -0.15) is 0 Å². The predicted octanol–water partition coefficient (Wildman–Crippen LogP) is 8.01. The molecule has 9 nitrogen and oxygen atoms in total. The highest BCUT2D eigenvalue weighted by Crippen LogP contribution is 2.29. The number of hydrogen-bond donors (Lipinski definition) is 4. The van der Waals surface area contributed by atoms with Crippen LogP contribution in [-0.2, 0) is 25.7 Å². The van der Waals surface area contributed by atoms with Crippen molar-refractivity contribution in [3.8, 4) is 0 Å². The predicted molar refractivity (Wildman–Crippen MR) is 203 cm³/mol. The zero-order valence-corrected chi connectivity index (χ0v) is 30.0. The molecule has 268 valence electrons. The number of para-hydroxylation sites is 2. The van der Waals surface area contributed by atoms with Crippen LogP contribution in [0.4, 0.5) is 11.4 Å². The van der Waals surface area contributed by atoms with Gasteiger partial charge in [0.2, 0.25) is 5.91 Å². The number of amides is 2. The molecule has 2 amide bonds. The van der Waals surface area contributed by atoms with Gasteiger partial charge in [0.15, 0.2) is 0 Å². The van der Waals surface area contributed by atoms with Crippen LogP contribution in [0.3, 0.4) is 0 Å². The average molecular weight is 683 g/mol. The summed E-state index contributed by atoms with van der Waals surface area (Å²) in [5, 5.41) is 14.7. The third-order valence-electron chi connectivity index (χ3n) is 8.60. The van der Waals surface area contributed by atoms with Crippen LogP contribution in [0.25, 0.3) is 11.6 Å². The number of hydroxylamine groups is 1. The Hall–Kier alpha value is -4.73. The molecule has 1 fully saturated rings. The van der Waals surface area contributed by atoms with Crippen molar-refractivity contribution in [3.63, 3.8) is 0 Å². The molecule has 5 rings (SSSR count). The summed E-state index contributed by atoms with van der Waals surface area (Å²) < 4.78 is 5.17. The average Bonchev–Trinajstić information content (AvgIpc) is 3.11. The summed E-state index contributed by atoms with van der Waals surface area (Å²) in [6.45, 7) is 10.6. The Bertz CT molecular complexity index is 1560. The molecule has 9 heteroatoms. The van der Waals surface area contributed by atoms with Crippen molar-refractivity contribution < 1.29 is 24.3 Å². The van der Waals surface area contributed by atoms with Crippen LogP contribution in [0.5, 0.6) is 0 Å². The standard InChI is InChI=1S/C25H29N3O4.C9H11NO.C7H14/c1-19(29)32-17-16-28(15-13-22-12-14-26-24-5-3-2-4-23(22)24)18-21-8-6-20(7-9-21)10-11-25(30)27-31;1-7-5-3-4-6-9(7)10-8(2)11;1-7-5-3-2-4-6-7/h2-12,26,31H,13-18H2,1H3,(H,27,30);3-6H,1-2H3,(H,10,11);7H,2-6H2,1H3/b11-10+;;. The van der Waals surface area contributed by atoms with Gasteiger partial charge in [-0.3, -0.25) is 24.5 Å². The minimum absolute atomic E-state index is 0.0284. The van der Waals surface area contributed by atoms with Gasteiger partial charge in [-0.1, -0.05) is 106 Å². The molecule has 0 radical (unpaired) electrons. The third kappa shape index (κ3) is 15.2. The fourth-order valence-corrected chi connectivity index (χ4v) is 5.83. The van der Waals surface area contributed by atoms with Crippen molar-refractivity contribution in [3.05, 3.63) is 107 Å². The lowest BCUT2D eigenvalue weighted by atomic mass is 9.91. The summed E-state index contributed by atoms with van der Waals surface area (Å²) in [7, 11) is 0. The van der Waals surface area contributed by atoms with E-state index in [0.717, 1.165) is 60.0 Å². The van der Waals surface area contributed by atoms with E-state index in [1.807, 2.05) is 61.5 Å². The molecule has 1 aliphatic carbocycles. The summed E-state index contributed by atoms with van der Waals surface area (Å²) in [5.74, 6) is 0.163. The Kier molecular flexibility index (Phi) is 17.5. The molecule has 2 aliphatic rings. The van der Waals surface area contributed by atoms with Gasteiger partial charge in [-0.25, -0.2) is 5.48 Å². The summed E-state index contributed by atoms with van der Waals surface area (Å²) in [4.78, 5) is 35.2. The maximum Gasteiger partial charge on any atom is 0.302 e. The fourth-order valence-electron chi connectivity index (χ4n) is 5.83. The normalized spacial score (nSPS) is 13.8. The van der Waals surface area contributed by atoms with Crippen molar-refractivity contribution in [1.82, 2.24) is 10.4 Å². The lowest BCUT2D eigenvalue weighted by Gasteiger charge is -2.25. The van der Waals surface area contributed by atoms with Gasteiger partial charge in [0, 0.05) is 63.0 Å². The lowest BCUT2D eigenvalue weighted by molar-refractivity contribution is -0.141. The zero-order chi connectivity index (χ0) is 36.1. The van der Waals surface area contributed by atoms with E-state index >= 15 is 0 Å². The Morgan fingerprint density at radius 1 is 0.940 bits per heavy atom. The van der Waals surface area contributed by atoms with Crippen molar-refractivity contribution in [2.24, 2.45) is 5.92 Å². The number of benzene rings is 3. The molecular weight excluding hydrogens is 628 g/mol. The van der Waals surface area contributed by atoms with Crippen molar-refractivity contribution in [2.75, 3.05) is 36.9 Å². The van der Waals surface area contributed by atoms with E-state index in [2.05, 4.69) is 46.7 Å². The van der Waals surface area contributed by atoms with Crippen molar-refractivity contribution >= 4 is 40.8 Å². The molecule has 4 N–H and O–H groups in total. The number of carbonyl (C=O) groups is 3. The first-order chi connectivity index (χ1) is 24.1. The second-order valence-electron chi connectivity index (χ2n) is 12.8. The van der Waals surface area contributed by atoms with Crippen LogP contribution in [0.1, 0.15) is 81.5 Å². The number of rotatable bonds is 11. The molecule has 0 atom stereocenters. The Morgan fingerprint density at radius 3 is 2.28 bits per heavy atom. The van der Waals surface area contributed by atoms with E-state index < -0.39 is 5.91 Å². The first kappa shape index (κ1) is 39.7. The van der Waals surface area contributed by atoms with Crippen LogP contribution in [0.15, 0.2) is 84.9 Å². The van der Waals surface area contributed by atoms with Gasteiger partial charge in [0.1, 0.15) is 6.61 Å². The van der Waals surface area contributed by atoms with Crippen LogP contribution in [-0.4, -0.2) is 54.1 Å². The molecule has 0 unspecified atom stereocenters. The first-order valence-corrected chi connectivity index (χ1v) is 17.6. The van der Waals surface area contributed by atoms with Gasteiger partial charge in [-0.05, 0) is 59.7 Å². The van der Waals surface area contributed by atoms with Crippen molar-refractivity contribution in [1.29, 1.82) is 0 Å². The maximum absolute atomic E-state index is 11.2. The molecule has 1 saturated carbocycles. The Labute approximate surface area is 297 Å². The zero-order valence-electron chi connectivity index (χ0n) is 30.0. The molecule has 50 heavy (non-hydrogen) atoms. The van der Waals surface area contributed by atoms with Crippen LogP contribution >= 0.6 is 0 Å². The molecule has 0 saturated heterocycles. The number of nitrogens with zero attached hydrogens (tertiary/aromatic N) is 1. The number of nitrogens with one attached hydrogen (secondary N) is 3. The molecule has 1 aliphatic heterocycles. The molecule has 0 bridgehead atoms.